The number of benzene rings is 2. The monoisotopic (exact) mass is 406 g/mol. The maximum atomic E-state index is 9.85. The lowest BCUT2D eigenvalue weighted by molar-refractivity contribution is 0.0955. The van der Waals surface area contributed by atoms with E-state index in [-0.39, 0.29) is 5.41 Å². The fourth-order valence-electron chi connectivity index (χ4n) is 6.24. The van der Waals surface area contributed by atoms with E-state index in [9.17, 15) is 5.11 Å². The predicted molar refractivity (Wildman–Crippen MR) is 119 cm³/mol. The van der Waals surface area contributed by atoms with Gasteiger partial charge in [-0.3, -0.25) is 0 Å². The van der Waals surface area contributed by atoms with Gasteiger partial charge in [-0.1, -0.05) is 36.7 Å². The number of rotatable bonds is 2. The van der Waals surface area contributed by atoms with Crippen molar-refractivity contribution >= 4 is 23.5 Å². The maximum absolute atomic E-state index is 9.85. The topological polar surface area (TPSA) is 45.0 Å². The van der Waals surface area contributed by atoms with Crippen LogP contribution in [0.25, 0.3) is 0 Å². The molecule has 2 saturated carbocycles. The molecule has 0 bridgehead atoms. The number of phenols is 1. The van der Waals surface area contributed by atoms with Crippen molar-refractivity contribution in [3.63, 3.8) is 0 Å². The third-order valence-electron chi connectivity index (χ3n) is 7.71. The van der Waals surface area contributed by atoms with Crippen LogP contribution in [0.5, 0.6) is 5.75 Å². The average Bonchev–Trinajstić information content (AvgIpc) is 3.05. The minimum Gasteiger partial charge on any atom is -0.508 e. The van der Waals surface area contributed by atoms with Crippen molar-refractivity contribution in [3.05, 3.63) is 64.2 Å². The molecule has 2 fully saturated rings. The van der Waals surface area contributed by atoms with E-state index in [1.165, 1.54) is 42.5 Å². The van der Waals surface area contributed by atoms with Crippen molar-refractivity contribution in [1.82, 2.24) is 0 Å². The number of hydrogen-bond acceptors (Lipinski definition) is 3. The van der Waals surface area contributed by atoms with Gasteiger partial charge in [0.15, 0.2) is 0 Å². The van der Waals surface area contributed by atoms with Crippen LogP contribution in [-0.2, 0) is 6.42 Å². The highest BCUT2D eigenvalue weighted by Gasteiger charge is 2.53. The van der Waals surface area contributed by atoms with E-state index in [1.54, 1.807) is 0 Å². The van der Waals surface area contributed by atoms with Gasteiger partial charge in [-0.05, 0) is 97.2 Å². The van der Waals surface area contributed by atoms with Crippen molar-refractivity contribution in [2.45, 2.75) is 51.4 Å². The Morgan fingerprint density at radius 1 is 1.07 bits per heavy atom. The first-order valence-electron chi connectivity index (χ1n) is 10.7. The molecule has 3 nitrogen and oxygen atoms in total. The lowest BCUT2D eigenvalue weighted by Crippen LogP contribution is -2.42. The molecule has 3 aliphatic rings. The number of hydrogen-bond donors (Lipinski definition) is 1. The molecule has 2 aromatic rings. The van der Waals surface area contributed by atoms with Crippen molar-refractivity contribution in [2.24, 2.45) is 27.5 Å². The predicted octanol–water partition coefficient (Wildman–Crippen LogP) is 6.38. The normalized spacial score (nSPS) is 32.2. The van der Waals surface area contributed by atoms with Crippen LogP contribution < -0.4 is 0 Å². The van der Waals surface area contributed by atoms with Gasteiger partial charge in [-0.25, -0.2) is 0 Å². The number of fused-ring (bicyclic) bond motifs is 5. The summed E-state index contributed by atoms with van der Waals surface area (Å²) in [5.41, 5.74) is 5.31. The first-order chi connectivity index (χ1) is 14.0. The van der Waals surface area contributed by atoms with Gasteiger partial charge in [0.2, 0.25) is 0 Å². The van der Waals surface area contributed by atoms with E-state index < -0.39 is 0 Å². The number of phenolic OH excluding ortho intramolecular Hbond substituents is 1. The van der Waals surface area contributed by atoms with Gasteiger partial charge in [0.05, 0.1) is 6.21 Å². The molecule has 0 amide bonds. The molecule has 0 aliphatic heterocycles. The minimum atomic E-state index is 0.174. The van der Waals surface area contributed by atoms with Crippen LogP contribution in [0, 0.1) is 17.3 Å². The molecule has 29 heavy (non-hydrogen) atoms. The zero-order valence-corrected chi connectivity index (χ0v) is 17.6. The number of nitrogens with zero attached hydrogens (tertiary/aromatic N) is 2. The van der Waals surface area contributed by atoms with Crippen molar-refractivity contribution in [2.75, 3.05) is 0 Å². The highest BCUT2D eigenvalue weighted by molar-refractivity contribution is 6.30. The fourth-order valence-corrected chi connectivity index (χ4v) is 6.36. The molecule has 3 aliphatic carbocycles. The Hall–Kier alpha value is -2.13. The summed E-state index contributed by atoms with van der Waals surface area (Å²) in [6.45, 7) is 2.42. The number of aryl methyl sites for hydroxylation is 1. The lowest BCUT2D eigenvalue weighted by atomic mass is 9.55. The largest absolute Gasteiger partial charge is 0.508 e. The summed E-state index contributed by atoms with van der Waals surface area (Å²) in [6, 6.07) is 13.7. The summed E-state index contributed by atoms with van der Waals surface area (Å²) < 4.78 is 0. The quantitative estimate of drug-likeness (QED) is 0.456. The summed E-state index contributed by atoms with van der Waals surface area (Å²) >= 11 is 5.95. The van der Waals surface area contributed by atoms with Crippen molar-refractivity contribution in [1.29, 1.82) is 0 Å². The SMILES string of the molecule is C[C@]12CC[C@@H]3c4ccc(O)cc4CC[C@H]3[C@@H]1CC/C2=N/N=C\c1ccc(Cl)cc1. The van der Waals surface area contributed by atoms with Gasteiger partial charge in [-0.15, -0.1) is 0 Å². The molecule has 150 valence electrons. The van der Waals surface area contributed by atoms with E-state index >= 15 is 0 Å². The number of aromatic hydroxyl groups is 1. The Kier molecular flexibility index (Phi) is 4.74. The molecule has 0 radical (unpaired) electrons. The summed E-state index contributed by atoms with van der Waals surface area (Å²) in [6.07, 6.45) is 8.80. The number of halogens is 1. The van der Waals surface area contributed by atoms with Crippen LogP contribution in [0.1, 0.15) is 61.6 Å². The third kappa shape index (κ3) is 3.30. The second kappa shape index (κ2) is 7.28. The summed E-state index contributed by atoms with van der Waals surface area (Å²) in [4.78, 5) is 0. The van der Waals surface area contributed by atoms with Crippen LogP contribution in [0.4, 0.5) is 0 Å². The Morgan fingerprint density at radius 2 is 1.90 bits per heavy atom. The molecular weight excluding hydrogens is 380 g/mol. The smallest absolute Gasteiger partial charge is 0.115 e. The van der Waals surface area contributed by atoms with Gasteiger partial charge in [-0.2, -0.15) is 10.2 Å². The van der Waals surface area contributed by atoms with E-state index in [4.69, 9.17) is 16.7 Å². The van der Waals surface area contributed by atoms with Crippen LogP contribution in [0.15, 0.2) is 52.7 Å². The fraction of sp³-hybridized carbons (Fsp3) is 0.440. The third-order valence-corrected chi connectivity index (χ3v) is 7.96. The van der Waals surface area contributed by atoms with Gasteiger partial charge in [0.25, 0.3) is 0 Å². The Bertz CT molecular complexity index is 981. The van der Waals surface area contributed by atoms with Crippen LogP contribution in [0.2, 0.25) is 5.02 Å². The molecule has 2 aromatic carbocycles. The van der Waals surface area contributed by atoms with Crippen molar-refractivity contribution < 1.29 is 5.11 Å². The van der Waals surface area contributed by atoms with E-state index in [0.29, 0.717) is 17.6 Å². The lowest BCUT2D eigenvalue weighted by Gasteiger charge is -2.49. The maximum Gasteiger partial charge on any atom is 0.115 e. The Morgan fingerprint density at radius 3 is 2.72 bits per heavy atom. The first-order valence-corrected chi connectivity index (χ1v) is 11.1. The summed E-state index contributed by atoms with van der Waals surface area (Å²) in [5.74, 6) is 2.44. The summed E-state index contributed by atoms with van der Waals surface area (Å²) in [5, 5.41) is 19.7. The average molecular weight is 407 g/mol. The highest BCUT2D eigenvalue weighted by Crippen LogP contribution is 2.60. The molecular formula is C25H27ClN2O. The van der Waals surface area contributed by atoms with Gasteiger partial charge in [0.1, 0.15) is 5.75 Å². The standard InChI is InChI=1S/C25H27ClN2O/c1-25-13-12-21-20-9-7-19(29)14-17(20)4-8-22(21)23(25)10-11-24(25)28-27-15-16-2-5-18(26)6-3-16/h2-3,5-7,9,14-15,21-23,29H,4,8,10-13H2,1H3/b27-15-,28-24-/t21-,22-,23+,25+/m1/s1. The zero-order chi connectivity index (χ0) is 20.0. The molecule has 4 atom stereocenters. The molecule has 0 saturated heterocycles. The molecule has 0 unspecified atom stereocenters. The first kappa shape index (κ1) is 18.9. The minimum absolute atomic E-state index is 0.174. The van der Waals surface area contributed by atoms with E-state index in [2.05, 4.69) is 18.1 Å². The molecule has 0 spiro atoms. The molecule has 0 heterocycles. The van der Waals surface area contributed by atoms with Gasteiger partial charge in [0, 0.05) is 16.1 Å². The van der Waals surface area contributed by atoms with Crippen molar-refractivity contribution in [3.8, 4) is 5.75 Å². The van der Waals surface area contributed by atoms with Crippen LogP contribution >= 0.6 is 11.6 Å². The van der Waals surface area contributed by atoms with Gasteiger partial charge < -0.3 is 5.11 Å². The molecule has 0 aromatic heterocycles. The zero-order valence-electron chi connectivity index (χ0n) is 16.8. The Balaban J connectivity index is 1.37. The Labute approximate surface area is 177 Å². The molecule has 1 N–H and O–H groups in total. The van der Waals surface area contributed by atoms with Crippen LogP contribution in [-0.4, -0.2) is 17.0 Å². The summed E-state index contributed by atoms with van der Waals surface area (Å²) in [7, 11) is 0. The molecule has 5 rings (SSSR count). The highest BCUT2D eigenvalue weighted by atomic mass is 35.5. The van der Waals surface area contributed by atoms with E-state index in [0.717, 1.165) is 29.3 Å². The van der Waals surface area contributed by atoms with Crippen LogP contribution in [0.3, 0.4) is 0 Å². The van der Waals surface area contributed by atoms with E-state index in [1.807, 2.05) is 42.6 Å². The second-order valence-corrected chi connectivity index (χ2v) is 9.57. The molecule has 4 heteroatoms. The second-order valence-electron chi connectivity index (χ2n) is 9.14. The van der Waals surface area contributed by atoms with Gasteiger partial charge >= 0.3 is 0 Å².